The van der Waals surface area contributed by atoms with E-state index in [0.29, 0.717) is 31.2 Å². The van der Waals surface area contributed by atoms with Crippen LogP contribution >= 0.6 is 11.3 Å². The third-order valence-electron chi connectivity index (χ3n) is 4.57. The third kappa shape index (κ3) is 3.68. The molecule has 1 aliphatic heterocycles. The number of carbonyl (C=O) groups is 1. The summed E-state index contributed by atoms with van der Waals surface area (Å²) in [5, 5.41) is 5.94. The standard InChI is InChI=1S/C20H21N3O3S/c1-2-25-17-7-4-3-6-16(17)22-9-11-23(12-10-22)20(24)15-14-18(26-21-15)19-8-5-13-27-19/h3-8,13-14H,2,9-12H2,1H3. The Balaban J connectivity index is 1.41. The van der Waals surface area contributed by atoms with Gasteiger partial charge in [-0.3, -0.25) is 4.79 Å². The van der Waals surface area contributed by atoms with E-state index in [0.717, 1.165) is 29.4 Å². The van der Waals surface area contributed by atoms with Crippen LogP contribution in [0.25, 0.3) is 10.6 Å². The summed E-state index contributed by atoms with van der Waals surface area (Å²) in [7, 11) is 0. The van der Waals surface area contributed by atoms with Crippen LogP contribution < -0.4 is 9.64 Å². The molecule has 1 aliphatic rings. The van der Waals surface area contributed by atoms with Crippen molar-refractivity contribution in [2.75, 3.05) is 37.7 Å². The van der Waals surface area contributed by atoms with Crippen molar-refractivity contribution in [2.24, 2.45) is 0 Å². The molecule has 0 bridgehead atoms. The second-order valence-electron chi connectivity index (χ2n) is 6.23. The molecule has 0 spiro atoms. The fourth-order valence-electron chi connectivity index (χ4n) is 3.22. The number of rotatable bonds is 5. The Kier molecular flexibility index (Phi) is 5.11. The van der Waals surface area contributed by atoms with Crippen molar-refractivity contribution < 1.29 is 14.1 Å². The Labute approximate surface area is 161 Å². The predicted octanol–water partition coefficient (Wildman–Crippen LogP) is 3.76. The Hall–Kier alpha value is -2.80. The zero-order valence-electron chi connectivity index (χ0n) is 15.1. The van der Waals surface area contributed by atoms with Crippen LogP contribution in [0, 0.1) is 0 Å². The number of ether oxygens (including phenoxy) is 1. The molecule has 3 heterocycles. The molecule has 0 saturated carbocycles. The van der Waals surface area contributed by atoms with Crippen LogP contribution in [0.5, 0.6) is 5.75 Å². The first-order valence-corrected chi connectivity index (χ1v) is 9.91. The molecular formula is C20H21N3O3S. The summed E-state index contributed by atoms with van der Waals surface area (Å²) in [6, 6.07) is 13.7. The summed E-state index contributed by atoms with van der Waals surface area (Å²) < 4.78 is 11.1. The van der Waals surface area contributed by atoms with Crippen LogP contribution in [0.15, 0.2) is 52.4 Å². The van der Waals surface area contributed by atoms with Gasteiger partial charge in [0.15, 0.2) is 11.5 Å². The summed E-state index contributed by atoms with van der Waals surface area (Å²) in [5.74, 6) is 1.44. The molecule has 3 aromatic rings. The zero-order valence-corrected chi connectivity index (χ0v) is 15.9. The minimum Gasteiger partial charge on any atom is -0.492 e. The van der Waals surface area contributed by atoms with E-state index in [2.05, 4.69) is 16.1 Å². The molecule has 1 aromatic carbocycles. The van der Waals surface area contributed by atoms with Crippen LogP contribution in [0.4, 0.5) is 5.69 Å². The lowest BCUT2D eigenvalue weighted by molar-refractivity contribution is 0.0736. The van der Waals surface area contributed by atoms with E-state index in [1.807, 2.05) is 47.5 Å². The molecule has 1 fully saturated rings. The van der Waals surface area contributed by atoms with Gasteiger partial charge in [0.1, 0.15) is 5.75 Å². The van der Waals surface area contributed by atoms with Crippen molar-refractivity contribution in [1.82, 2.24) is 10.1 Å². The lowest BCUT2D eigenvalue weighted by Gasteiger charge is -2.36. The van der Waals surface area contributed by atoms with Crippen LogP contribution in [0.1, 0.15) is 17.4 Å². The SMILES string of the molecule is CCOc1ccccc1N1CCN(C(=O)c2cc(-c3cccs3)on2)CC1. The molecule has 0 radical (unpaired) electrons. The van der Waals surface area contributed by atoms with E-state index in [1.54, 1.807) is 17.4 Å². The number of hydrogen-bond donors (Lipinski definition) is 0. The van der Waals surface area contributed by atoms with Crippen molar-refractivity contribution in [3.8, 4) is 16.4 Å². The molecular weight excluding hydrogens is 362 g/mol. The molecule has 1 amide bonds. The molecule has 0 unspecified atom stereocenters. The van der Waals surface area contributed by atoms with Gasteiger partial charge in [0.05, 0.1) is 17.2 Å². The van der Waals surface area contributed by atoms with E-state index in [-0.39, 0.29) is 5.91 Å². The van der Waals surface area contributed by atoms with Crippen LogP contribution in [0.2, 0.25) is 0 Å². The number of anilines is 1. The van der Waals surface area contributed by atoms with E-state index < -0.39 is 0 Å². The van der Waals surface area contributed by atoms with Gasteiger partial charge < -0.3 is 19.1 Å². The minimum absolute atomic E-state index is 0.0840. The van der Waals surface area contributed by atoms with Crippen LogP contribution in [0.3, 0.4) is 0 Å². The van der Waals surface area contributed by atoms with Crippen molar-refractivity contribution in [2.45, 2.75) is 6.92 Å². The molecule has 0 atom stereocenters. The van der Waals surface area contributed by atoms with Gasteiger partial charge in [0.25, 0.3) is 5.91 Å². The number of amides is 1. The highest BCUT2D eigenvalue weighted by Crippen LogP contribution is 2.29. The lowest BCUT2D eigenvalue weighted by atomic mass is 10.2. The van der Waals surface area contributed by atoms with Gasteiger partial charge in [-0.15, -0.1) is 11.3 Å². The van der Waals surface area contributed by atoms with Gasteiger partial charge in [-0.2, -0.15) is 0 Å². The fraction of sp³-hybridized carbons (Fsp3) is 0.300. The number of hydrogen-bond acceptors (Lipinski definition) is 6. The zero-order chi connectivity index (χ0) is 18.6. The Morgan fingerprint density at radius 3 is 2.74 bits per heavy atom. The Bertz CT molecular complexity index is 899. The highest BCUT2D eigenvalue weighted by Gasteiger charge is 2.26. The summed E-state index contributed by atoms with van der Waals surface area (Å²) in [6.07, 6.45) is 0. The van der Waals surface area contributed by atoms with Gasteiger partial charge in [-0.05, 0) is 30.5 Å². The first-order valence-electron chi connectivity index (χ1n) is 9.03. The third-order valence-corrected chi connectivity index (χ3v) is 5.45. The van der Waals surface area contributed by atoms with Crippen LogP contribution in [-0.2, 0) is 0 Å². The number of para-hydroxylation sites is 2. The number of benzene rings is 1. The maximum absolute atomic E-state index is 12.8. The molecule has 140 valence electrons. The fourth-order valence-corrected chi connectivity index (χ4v) is 3.89. The number of piperazine rings is 1. The average Bonchev–Trinajstić information content (AvgIpc) is 3.40. The summed E-state index contributed by atoms with van der Waals surface area (Å²) in [4.78, 5) is 17.8. The van der Waals surface area contributed by atoms with E-state index in [9.17, 15) is 4.79 Å². The summed E-state index contributed by atoms with van der Waals surface area (Å²) in [5.41, 5.74) is 1.44. The molecule has 0 aliphatic carbocycles. The Morgan fingerprint density at radius 2 is 2.00 bits per heavy atom. The number of carbonyl (C=O) groups excluding carboxylic acids is 1. The highest BCUT2D eigenvalue weighted by molar-refractivity contribution is 7.13. The summed E-state index contributed by atoms with van der Waals surface area (Å²) in [6.45, 7) is 5.40. The molecule has 0 N–H and O–H groups in total. The van der Waals surface area contributed by atoms with Crippen molar-refractivity contribution in [3.05, 3.63) is 53.5 Å². The van der Waals surface area contributed by atoms with Gasteiger partial charge >= 0.3 is 0 Å². The lowest BCUT2D eigenvalue weighted by Crippen LogP contribution is -2.49. The first-order chi connectivity index (χ1) is 13.3. The van der Waals surface area contributed by atoms with E-state index >= 15 is 0 Å². The predicted molar refractivity (Wildman–Crippen MR) is 106 cm³/mol. The highest BCUT2D eigenvalue weighted by atomic mass is 32.1. The monoisotopic (exact) mass is 383 g/mol. The van der Waals surface area contributed by atoms with Gasteiger partial charge in [-0.25, -0.2) is 0 Å². The van der Waals surface area contributed by atoms with Crippen molar-refractivity contribution in [1.29, 1.82) is 0 Å². The van der Waals surface area contributed by atoms with Crippen molar-refractivity contribution in [3.63, 3.8) is 0 Å². The first kappa shape index (κ1) is 17.6. The smallest absolute Gasteiger partial charge is 0.276 e. The topological polar surface area (TPSA) is 58.8 Å². The molecule has 27 heavy (non-hydrogen) atoms. The average molecular weight is 383 g/mol. The largest absolute Gasteiger partial charge is 0.492 e. The van der Waals surface area contributed by atoms with Gasteiger partial charge in [0.2, 0.25) is 0 Å². The maximum Gasteiger partial charge on any atom is 0.276 e. The minimum atomic E-state index is -0.0840. The molecule has 2 aromatic heterocycles. The molecule has 1 saturated heterocycles. The quantitative estimate of drug-likeness (QED) is 0.671. The van der Waals surface area contributed by atoms with Gasteiger partial charge in [0, 0.05) is 32.2 Å². The van der Waals surface area contributed by atoms with Crippen molar-refractivity contribution >= 4 is 22.9 Å². The molecule has 6 nitrogen and oxygen atoms in total. The van der Waals surface area contributed by atoms with E-state index in [4.69, 9.17) is 9.26 Å². The number of nitrogens with zero attached hydrogens (tertiary/aromatic N) is 3. The van der Waals surface area contributed by atoms with Gasteiger partial charge in [-0.1, -0.05) is 23.4 Å². The number of thiophene rings is 1. The summed E-state index contributed by atoms with van der Waals surface area (Å²) >= 11 is 1.56. The normalized spacial score (nSPS) is 14.4. The van der Waals surface area contributed by atoms with E-state index in [1.165, 1.54) is 0 Å². The molecule has 7 heteroatoms. The second-order valence-corrected chi connectivity index (χ2v) is 7.18. The number of aromatic nitrogens is 1. The molecule has 4 rings (SSSR count). The second kappa shape index (κ2) is 7.84. The maximum atomic E-state index is 12.8. The Morgan fingerprint density at radius 1 is 1.19 bits per heavy atom. The van der Waals surface area contributed by atoms with Crippen LogP contribution in [-0.4, -0.2) is 48.7 Å².